The Bertz CT molecular complexity index is 1170. The first-order valence-corrected chi connectivity index (χ1v) is 10.3. The van der Waals surface area contributed by atoms with Crippen LogP contribution in [0.3, 0.4) is 0 Å². The minimum absolute atomic E-state index is 0.312. The molecule has 1 N–H and O–H groups in total. The van der Waals surface area contributed by atoms with Crippen LogP contribution in [0.15, 0.2) is 72.8 Å². The molecule has 0 atom stereocenters. The molecule has 3 amide bonds. The SMILES string of the molecule is O=C(CN1C(=O)c2ccccc2C1=O)Nc1ccccc1CN1CCc2ccccc21. The molecule has 0 radical (unpaired) electrons. The Balaban J connectivity index is 1.30. The number of carbonyl (C=O) groups is 3. The number of amides is 3. The first-order valence-electron chi connectivity index (χ1n) is 10.3. The summed E-state index contributed by atoms with van der Waals surface area (Å²) in [5.41, 5.74) is 4.90. The molecule has 0 unspecified atom stereocenters. The van der Waals surface area contributed by atoms with Gasteiger partial charge in [-0.25, -0.2) is 0 Å². The highest BCUT2D eigenvalue weighted by molar-refractivity contribution is 6.22. The van der Waals surface area contributed by atoms with Gasteiger partial charge in [0.05, 0.1) is 11.1 Å². The van der Waals surface area contributed by atoms with Crippen LogP contribution in [0.1, 0.15) is 31.8 Å². The van der Waals surface area contributed by atoms with Crippen LogP contribution in [0.5, 0.6) is 0 Å². The molecule has 2 heterocycles. The number of hydrogen-bond acceptors (Lipinski definition) is 4. The zero-order valence-corrected chi connectivity index (χ0v) is 16.9. The molecule has 31 heavy (non-hydrogen) atoms. The van der Waals surface area contributed by atoms with Crippen molar-refractivity contribution < 1.29 is 14.4 Å². The van der Waals surface area contributed by atoms with Gasteiger partial charge in [-0.05, 0) is 41.8 Å². The van der Waals surface area contributed by atoms with Crippen LogP contribution in [0, 0.1) is 0 Å². The van der Waals surface area contributed by atoms with Crippen LogP contribution in [-0.4, -0.2) is 35.7 Å². The Labute approximate surface area is 180 Å². The van der Waals surface area contributed by atoms with E-state index in [1.165, 1.54) is 11.3 Å². The van der Waals surface area contributed by atoms with Crippen molar-refractivity contribution >= 4 is 29.1 Å². The van der Waals surface area contributed by atoms with Crippen molar-refractivity contribution in [1.82, 2.24) is 4.90 Å². The molecule has 0 saturated heterocycles. The maximum atomic E-state index is 12.7. The number of nitrogens with one attached hydrogen (secondary N) is 1. The molecule has 3 aromatic carbocycles. The molecule has 0 aromatic heterocycles. The van der Waals surface area contributed by atoms with Gasteiger partial charge in [0.25, 0.3) is 11.8 Å². The number of imide groups is 1. The van der Waals surface area contributed by atoms with Crippen LogP contribution in [0.2, 0.25) is 0 Å². The average molecular weight is 411 g/mol. The van der Waals surface area contributed by atoms with Gasteiger partial charge in [-0.1, -0.05) is 48.5 Å². The van der Waals surface area contributed by atoms with Gasteiger partial charge in [-0.3, -0.25) is 19.3 Å². The zero-order valence-electron chi connectivity index (χ0n) is 16.9. The van der Waals surface area contributed by atoms with Gasteiger partial charge < -0.3 is 10.2 Å². The lowest BCUT2D eigenvalue weighted by molar-refractivity contribution is -0.116. The lowest BCUT2D eigenvalue weighted by Crippen LogP contribution is -2.37. The number of rotatable bonds is 5. The van der Waals surface area contributed by atoms with Gasteiger partial charge in [0.1, 0.15) is 6.54 Å². The standard InChI is InChI=1S/C25H21N3O3/c29-23(16-28-24(30)19-9-3-4-10-20(19)25(28)31)26-21-11-5-1-8-18(21)15-27-14-13-17-7-2-6-12-22(17)27/h1-12H,13-16H2,(H,26,29). The van der Waals surface area contributed by atoms with Crippen LogP contribution in [0.25, 0.3) is 0 Å². The number of anilines is 2. The van der Waals surface area contributed by atoms with Crippen molar-refractivity contribution in [2.24, 2.45) is 0 Å². The van der Waals surface area contributed by atoms with Crippen molar-refractivity contribution in [2.45, 2.75) is 13.0 Å². The number of fused-ring (bicyclic) bond motifs is 2. The Kier molecular flexibility index (Phi) is 4.75. The van der Waals surface area contributed by atoms with E-state index >= 15 is 0 Å². The molecule has 0 spiro atoms. The smallest absolute Gasteiger partial charge is 0.262 e. The zero-order chi connectivity index (χ0) is 21.4. The van der Waals surface area contributed by atoms with Crippen LogP contribution in [0.4, 0.5) is 11.4 Å². The molecule has 0 fully saturated rings. The summed E-state index contributed by atoms with van der Waals surface area (Å²) in [5, 5.41) is 2.89. The highest BCUT2D eigenvalue weighted by Gasteiger charge is 2.36. The second-order valence-electron chi connectivity index (χ2n) is 7.75. The molecular weight excluding hydrogens is 390 g/mol. The monoisotopic (exact) mass is 411 g/mol. The third-order valence-electron chi connectivity index (χ3n) is 5.82. The summed E-state index contributed by atoms with van der Waals surface area (Å²) < 4.78 is 0. The van der Waals surface area contributed by atoms with Crippen molar-refractivity contribution in [1.29, 1.82) is 0 Å². The molecule has 0 saturated carbocycles. The molecule has 2 aliphatic heterocycles. The second kappa shape index (κ2) is 7.72. The largest absolute Gasteiger partial charge is 0.367 e. The Morgan fingerprint density at radius 3 is 2.26 bits per heavy atom. The average Bonchev–Trinajstić information content (AvgIpc) is 3.30. The normalized spacial score (nSPS) is 14.6. The van der Waals surface area contributed by atoms with E-state index in [1.807, 2.05) is 30.3 Å². The topological polar surface area (TPSA) is 69.7 Å². The molecule has 154 valence electrons. The predicted octanol–water partition coefficient (Wildman–Crippen LogP) is 3.48. The number of benzene rings is 3. The van der Waals surface area contributed by atoms with Crippen LogP contribution in [-0.2, 0) is 17.8 Å². The summed E-state index contributed by atoms with van der Waals surface area (Å²) in [7, 11) is 0. The van der Waals surface area contributed by atoms with Gasteiger partial charge in [0.15, 0.2) is 0 Å². The van der Waals surface area contributed by atoms with E-state index in [2.05, 4.69) is 28.4 Å². The second-order valence-corrected chi connectivity index (χ2v) is 7.75. The fourth-order valence-electron chi connectivity index (χ4n) is 4.27. The summed E-state index contributed by atoms with van der Waals surface area (Å²) in [4.78, 5) is 41.1. The van der Waals surface area contributed by atoms with E-state index in [4.69, 9.17) is 0 Å². The Hall–Kier alpha value is -3.93. The van der Waals surface area contributed by atoms with Gasteiger partial charge in [-0.15, -0.1) is 0 Å². The minimum Gasteiger partial charge on any atom is -0.367 e. The maximum absolute atomic E-state index is 12.7. The van der Waals surface area contributed by atoms with E-state index < -0.39 is 17.7 Å². The number of nitrogens with zero attached hydrogens (tertiary/aromatic N) is 2. The number of para-hydroxylation sites is 2. The fraction of sp³-hybridized carbons (Fsp3) is 0.160. The molecule has 0 bridgehead atoms. The quantitative estimate of drug-likeness (QED) is 0.653. The third kappa shape index (κ3) is 3.46. The molecule has 5 rings (SSSR count). The molecule has 6 nitrogen and oxygen atoms in total. The molecular formula is C25H21N3O3. The summed E-state index contributed by atoms with van der Waals surface area (Å²) in [6, 6.07) is 22.6. The van der Waals surface area contributed by atoms with E-state index in [0.29, 0.717) is 23.4 Å². The summed E-state index contributed by atoms with van der Waals surface area (Å²) in [5.74, 6) is -1.26. The first kappa shape index (κ1) is 19.1. The summed E-state index contributed by atoms with van der Waals surface area (Å²) in [6.45, 7) is 1.28. The lowest BCUT2D eigenvalue weighted by Gasteiger charge is -2.22. The molecule has 3 aromatic rings. The number of carbonyl (C=O) groups excluding carboxylic acids is 3. The van der Waals surface area contributed by atoms with Crippen molar-refractivity contribution in [3.63, 3.8) is 0 Å². The lowest BCUT2D eigenvalue weighted by atomic mass is 10.1. The van der Waals surface area contributed by atoms with Gasteiger partial charge in [-0.2, -0.15) is 0 Å². The van der Waals surface area contributed by atoms with Crippen molar-refractivity contribution in [2.75, 3.05) is 23.3 Å². The molecule has 0 aliphatic carbocycles. The first-order chi connectivity index (χ1) is 15.1. The minimum atomic E-state index is -0.433. The van der Waals surface area contributed by atoms with E-state index in [0.717, 1.165) is 23.4 Å². The summed E-state index contributed by atoms with van der Waals surface area (Å²) >= 11 is 0. The molecule has 6 heteroatoms. The van der Waals surface area contributed by atoms with Gasteiger partial charge in [0, 0.05) is 24.5 Å². The predicted molar refractivity (Wildman–Crippen MR) is 118 cm³/mol. The Morgan fingerprint density at radius 2 is 1.48 bits per heavy atom. The highest BCUT2D eigenvalue weighted by Crippen LogP contribution is 2.30. The van der Waals surface area contributed by atoms with Gasteiger partial charge in [0.2, 0.25) is 5.91 Å². The van der Waals surface area contributed by atoms with E-state index in [-0.39, 0.29) is 6.54 Å². The summed E-state index contributed by atoms with van der Waals surface area (Å²) in [6.07, 6.45) is 1.00. The van der Waals surface area contributed by atoms with Crippen molar-refractivity contribution in [3.05, 3.63) is 95.1 Å². The fourth-order valence-corrected chi connectivity index (χ4v) is 4.27. The third-order valence-corrected chi connectivity index (χ3v) is 5.82. The van der Waals surface area contributed by atoms with Crippen molar-refractivity contribution in [3.8, 4) is 0 Å². The number of hydrogen-bond donors (Lipinski definition) is 1. The maximum Gasteiger partial charge on any atom is 0.262 e. The van der Waals surface area contributed by atoms with Crippen LogP contribution < -0.4 is 10.2 Å². The van der Waals surface area contributed by atoms with Gasteiger partial charge >= 0.3 is 0 Å². The van der Waals surface area contributed by atoms with E-state index in [1.54, 1.807) is 24.3 Å². The molecule has 2 aliphatic rings. The van der Waals surface area contributed by atoms with E-state index in [9.17, 15) is 14.4 Å². The Morgan fingerprint density at radius 1 is 0.839 bits per heavy atom. The van der Waals surface area contributed by atoms with Crippen LogP contribution >= 0.6 is 0 Å². The highest BCUT2D eigenvalue weighted by atomic mass is 16.2.